The van der Waals surface area contributed by atoms with Crippen molar-refractivity contribution in [3.05, 3.63) is 70.5 Å². The van der Waals surface area contributed by atoms with Gasteiger partial charge in [0.1, 0.15) is 6.07 Å². The summed E-state index contributed by atoms with van der Waals surface area (Å²) in [5.41, 5.74) is 2.59. The van der Waals surface area contributed by atoms with E-state index in [0.29, 0.717) is 0 Å². The van der Waals surface area contributed by atoms with Crippen molar-refractivity contribution in [3.63, 3.8) is 0 Å². The lowest BCUT2D eigenvalue weighted by Gasteiger charge is -2.10. The van der Waals surface area contributed by atoms with Crippen molar-refractivity contribution >= 4 is 21.4 Å². The van der Waals surface area contributed by atoms with Gasteiger partial charge in [-0.1, -0.05) is 18.2 Å². The summed E-state index contributed by atoms with van der Waals surface area (Å²) in [4.78, 5) is 4.33. The number of sulfonamides is 1. The van der Waals surface area contributed by atoms with Gasteiger partial charge in [-0.15, -0.1) is 0 Å². The first-order chi connectivity index (χ1) is 11.6. The Hall–Kier alpha value is -2.53. The van der Waals surface area contributed by atoms with Gasteiger partial charge in [0.25, 0.3) is 0 Å². The summed E-state index contributed by atoms with van der Waals surface area (Å²) in [6.45, 7) is 0.0983. The van der Waals surface area contributed by atoms with Crippen LogP contribution in [0.3, 0.4) is 0 Å². The van der Waals surface area contributed by atoms with Crippen LogP contribution in [0.4, 0.5) is 0 Å². The van der Waals surface area contributed by atoms with Crippen molar-refractivity contribution in [3.8, 4) is 17.3 Å². The van der Waals surface area contributed by atoms with Crippen LogP contribution in [0.2, 0.25) is 0 Å². The second kappa shape index (κ2) is 6.93. The van der Waals surface area contributed by atoms with Gasteiger partial charge < -0.3 is 0 Å². The zero-order valence-corrected chi connectivity index (χ0v) is 14.1. The van der Waals surface area contributed by atoms with Crippen molar-refractivity contribution in [1.82, 2.24) is 9.71 Å². The van der Waals surface area contributed by atoms with Gasteiger partial charge in [0, 0.05) is 23.7 Å². The highest BCUT2D eigenvalue weighted by atomic mass is 32.2. The van der Waals surface area contributed by atoms with Gasteiger partial charge >= 0.3 is 0 Å². The molecule has 0 fully saturated rings. The second-order valence-corrected chi connectivity index (χ2v) is 7.47. The van der Waals surface area contributed by atoms with E-state index in [0.717, 1.165) is 16.8 Å². The fourth-order valence-electron chi connectivity index (χ4n) is 2.28. The van der Waals surface area contributed by atoms with Crippen LogP contribution in [0.1, 0.15) is 11.1 Å². The molecule has 3 aromatic rings. The molecule has 0 aliphatic heterocycles. The minimum atomic E-state index is -3.78. The Morgan fingerprint density at radius 3 is 2.75 bits per heavy atom. The number of pyridine rings is 1. The molecule has 0 saturated carbocycles. The summed E-state index contributed by atoms with van der Waals surface area (Å²) < 4.78 is 27.6. The molecule has 0 aliphatic rings. The summed E-state index contributed by atoms with van der Waals surface area (Å²) in [7, 11) is -3.78. The SMILES string of the molecule is N#Cc1ccccc1S(=O)(=O)NCc1cccnc1-c1ccsc1. The maximum atomic E-state index is 12.5. The van der Waals surface area contributed by atoms with Crippen LogP contribution in [0.25, 0.3) is 11.3 Å². The summed E-state index contributed by atoms with van der Waals surface area (Å²) in [6.07, 6.45) is 1.68. The highest BCUT2D eigenvalue weighted by molar-refractivity contribution is 7.89. The van der Waals surface area contributed by atoms with Crippen LogP contribution in [0.15, 0.2) is 64.3 Å². The molecule has 0 aliphatic carbocycles. The lowest BCUT2D eigenvalue weighted by molar-refractivity contribution is 0.581. The molecule has 24 heavy (non-hydrogen) atoms. The van der Waals surface area contributed by atoms with Gasteiger partial charge in [0.05, 0.1) is 16.2 Å². The number of aromatic nitrogens is 1. The van der Waals surface area contributed by atoms with E-state index in [9.17, 15) is 8.42 Å². The molecule has 5 nitrogen and oxygen atoms in total. The number of nitriles is 1. The first-order valence-corrected chi connectivity index (χ1v) is 9.49. The molecule has 0 bridgehead atoms. The van der Waals surface area contributed by atoms with Crippen LogP contribution < -0.4 is 4.72 Å². The van der Waals surface area contributed by atoms with Crippen molar-refractivity contribution in [2.45, 2.75) is 11.4 Å². The van der Waals surface area contributed by atoms with Crippen LogP contribution in [-0.2, 0) is 16.6 Å². The van der Waals surface area contributed by atoms with Gasteiger partial charge in [-0.05, 0) is 35.2 Å². The minimum Gasteiger partial charge on any atom is -0.256 e. The fraction of sp³-hybridized carbons (Fsp3) is 0.0588. The third kappa shape index (κ3) is 3.36. The van der Waals surface area contributed by atoms with E-state index in [2.05, 4.69) is 9.71 Å². The first-order valence-electron chi connectivity index (χ1n) is 7.07. The summed E-state index contributed by atoms with van der Waals surface area (Å²) >= 11 is 1.55. The highest BCUT2D eigenvalue weighted by Crippen LogP contribution is 2.24. The maximum absolute atomic E-state index is 12.5. The van der Waals surface area contributed by atoms with E-state index in [1.807, 2.05) is 29.0 Å². The number of thiophene rings is 1. The first kappa shape index (κ1) is 16.3. The third-order valence-corrected chi connectivity index (χ3v) is 5.58. The van der Waals surface area contributed by atoms with E-state index in [1.54, 1.807) is 35.7 Å². The van der Waals surface area contributed by atoms with Crippen molar-refractivity contribution in [1.29, 1.82) is 5.26 Å². The molecule has 0 radical (unpaired) electrons. The molecule has 120 valence electrons. The predicted molar refractivity (Wildman–Crippen MR) is 92.7 cm³/mol. The third-order valence-electron chi connectivity index (χ3n) is 3.44. The smallest absolute Gasteiger partial charge is 0.242 e. The Kier molecular flexibility index (Phi) is 4.71. The van der Waals surface area contributed by atoms with Crippen LogP contribution in [-0.4, -0.2) is 13.4 Å². The Bertz CT molecular complexity index is 991. The summed E-state index contributed by atoms with van der Waals surface area (Å²) in [6, 6.07) is 13.6. The topological polar surface area (TPSA) is 82.8 Å². The summed E-state index contributed by atoms with van der Waals surface area (Å²) in [5.74, 6) is 0. The average Bonchev–Trinajstić information content (AvgIpc) is 3.15. The van der Waals surface area contributed by atoms with Gasteiger partial charge in [0.2, 0.25) is 10.0 Å². The summed E-state index contributed by atoms with van der Waals surface area (Å²) in [5, 5.41) is 13.0. The Morgan fingerprint density at radius 1 is 1.17 bits per heavy atom. The Labute approximate surface area is 144 Å². The van der Waals surface area contributed by atoms with Gasteiger partial charge in [-0.2, -0.15) is 16.6 Å². The van der Waals surface area contributed by atoms with Crippen molar-refractivity contribution in [2.75, 3.05) is 0 Å². The zero-order chi connectivity index (χ0) is 17.0. The molecule has 0 spiro atoms. The molecule has 7 heteroatoms. The Balaban J connectivity index is 1.88. The molecule has 0 unspecified atom stereocenters. The molecule has 0 saturated heterocycles. The molecule has 3 rings (SSSR count). The van der Waals surface area contributed by atoms with E-state index in [4.69, 9.17) is 5.26 Å². The molecule has 1 aromatic carbocycles. The van der Waals surface area contributed by atoms with E-state index >= 15 is 0 Å². The molecule has 0 atom stereocenters. The van der Waals surface area contributed by atoms with Crippen LogP contribution >= 0.6 is 11.3 Å². The molecular formula is C17H13N3O2S2. The quantitative estimate of drug-likeness (QED) is 0.762. The monoisotopic (exact) mass is 355 g/mol. The molecular weight excluding hydrogens is 342 g/mol. The molecule has 0 amide bonds. The highest BCUT2D eigenvalue weighted by Gasteiger charge is 2.18. The van der Waals surface area contributed by atoms with Crippen LogP contribution in [0.5, 0.6) is 0 Å². The normalized spacial score (nSPS) is 11.1. The fourth-order valence-corrected chi connectivity index (χ4v) is 4.09. The number of benzene rings is 1. The van der Waals surface area contributed by atoms with E-state index in [-0.39, 0.29) is 17.0 Å². The number of nitrogens with one attached hydrogen (secondary N) is 1. The minimum absolute atomic E-state index is 0.0199. The van der Waals surface area contributed by atoms with Gasteiger partial charge in [0.15, 0.2) is 0 Å². The van der Waals surface area contributed by atoms with Crippen molar-refractivity contribution in [2.24, 2.45) is 0 Å². The standard InChI is InChI=1S/C17H13N3O2S2/c18-10-13-4-1-2-6-16(13)24(21,22)20-11-14-5-3-8-19-17(14)15-7-9-23-12-15/h1-9,12,20H,11H2. The lowest BCUT2D eigenvalue weighted by Crippen LogP contribution is -2.24. The largest absolute Gasteiger partial charge is 0.256 e. The maximum Gasteiger partial charge on any atom is 0.242 e. The molecule has 1 N–H and O–H groups in total. The number of nitrogens with zero attached hydrogens (tertiary/aromatic N) is 2. The Morgan fingerprint density at radius 2 is 2.00 bits per heavy atom. The number of rotatable bonds is 5. The van der Waals surface area contributed by atoms with E-state index < -0.39 is 10.0 Å². The van der Waals surface area contributed by atoms with Crippen molar-refractivity contribution < 1.29 is 8.42 Å². The van der Waals surface area contributed by atoms with Crippen LogP contribution in [0, 0.1) is 11.3 Å². The molecule has 2 aromatic heterocycles. The number of hydrogen-bond acceptors (Lipinski definition) is 5. The van der Waals surface area contributed by atoms with Gasteiger partial charge in [-0.25, -0.2) is 13.1 Å². The second-order valence-electron chi connectivity index (χ2n) is 4.96. The predicted octanol–water partition coefficient (Wildman–Crippen LogP) is 3.16. The zero-order valence-electron chi connectivity index (χ0n) is 12.5. The number of hydrogen-bond donors (Lipinski definition) is 1. The lowest BCUT2D eigenvalue weighted by atomic mass is 10.1. The van der Waals surface area contributed by atoms with E-state index in [1.165, 1.54) is 12.1 Å². The average molecular weight is 355 g/mol. The van der Waals surface area contributed by atoms with Gasteiger partial charge in [-0.3, -0.25) is 4.98 Å². The molecule has 2 heterocycles.